The van der Waals surface area contributed by atoms with Crippen LogP contribution < -0.4 is 11.1 Å². The van der Waals surface area contributed by atoms with Crippen LogP contribution in [0.5, 0.6) is 0 Å². The second kappa shape index (κ2) is 7.74. The first-order valence-corrected chi connectivity index (χ1v) is 9.72. The van der Waals surface area contributed by atoms with Gasteiger partial charge < -0.3 is 20.4 Å². The first kappa shape index (κ1) is 18.4. The molecule has 0 radical (unpaired) electrons. The predicted octanol–water partition coefficient (Wildman–Crippen LogP) is 0.600. The summed E-state index contributed by atoms with van der Waals surface area (Å²) in [6.45, 7) is 1.23. The number of nitrogens with two attached hydrogens (primary N) is 1. The van der Waals surface area contributed by atoms with Crippen molar-refractivity contribution in [2.75, 3.05) is 26.4 Å². The number of nitrogens with zero attached hydrogens (tertiary/aromatic N) is 3. The molecule has 0 unspecified atom stereocenters. The van der Waals surface area contributed by atoms with Gasteiger partial charge in [-0.2, -0.15) is 25.4 Å². The molecule has 8 nitrogen and oxygen atoms in total. The first-order valence-electron chi connectivity index (χ1n) is 7.12. The Kier molecular flexibility index (Phi) is 5.93. The Labute approximate surface area is 145 Å². The number of allylic oxidation sites excluding steroid dienone is 1. The van der Waals surface area contributed by atoms with Crippen LogP contribution >= 0.6 is 11.8 Å². The van der Waals surface area contributed by atoms with Crippen molar-refractivity contribution < 1.29 is 12.8 Å². The van der Waals surface area contributed by atoms with Gasteiger partial charge in [-0.05, 0) is 26.2 Å². The lowest BCUT2D eigenvalue weighted by Crippen LogP contribution is -2.29. The molecule has 1 aromatic heterocycles. The van der Waals surface area contributed by atoms with Gasteiger partial charge in [0.15, 0.2) is 10.7 Å². The molecule has 1 aliphatic rings. The van der Waals surface area contributed by atoms with E-state index in [1.54, 1.807) is 17.8 Å². The van der Waals surface area contributed by atoms with Crippen LogP contribution in [0.2, 0.25) is 0 Å². The molecular formula is C14H19N5O3S2. The van der Waals surface area contributed by atoms with Crippen molar-refractivity contribution in [1.29, 1.82) is 5.26 Å². The van der Waals surface area contributed by atoms with Crippen LogP contribution in [0.3, 0.4) is 0 Å². The summed E-state index contributed by atoms with van der Waals surface area (Å²) >= 11 is 1.63. The highest BCUT2D eigenvalue weighted by Gasteiger charge is 2.30. The SMILES string of the molecule is CN(C)Cc1ccc(CSCCNC2=NS(=O)(=O)C(C#N)=C2N)o1. The second-order valence-electron chi connectivity index (χ2n) is 5.35. The molecule has 130 valence electrons. The molecule has 1 aliphatic heterocycles. The molecule has 0 atom stereocenters. The van der Waals surface area contributed by atoms with Crippen molar-refractivity contribution in [1.82, 2.24) is 10.2 Å². The van der Waals surface area contributed by atoms with E-state index in [-0.39, 0.29) is 11.5 Å². The molecule has 0 saturated heterocycles. The lowest BCUT2D eigenvalue weighted by molar-refractivity contribution is 0.344. The van der Waals surface area contributed by atoms with E-state index < -0.39 is 14.9 Å². The van der Waals surface area contributed by atoms with Gasteiger partial charge in [0.1, 0.15) is 23.3 Å². The monoisotopic (exact) mass is 369 g/mol. The molecule has 0 fully saturated rings. The number of amidine groups is 1. The lowest BCUT2D eigenvalue weighted by atomic mass is 10.4. The van der Waals surface area contributed by atoms with E-state index >= 15 is 0 Å². The number of hydrogen-bond acceptors (Lipinski definition) is 8. The van der Waals surface area contributed by atoms with Crippen LogP contribution in [0.25, 0.3) is 0 Å². The summed E-state index contributed by atoms with van der Waals surface area (Å²) in [7, 11) is 0.0219. The quantitative estimate of drug-likeness (QED) is 0.669. The molecule has 3 N–H and O–H groups in total. The largest absolute Gasteiger partial charge is 0.464 e. The zero-order valence-electron chi connectivity index (χ0n) is 13.4. The molecule has 1 aromatic rings. The van der Waals surface area contributed by atoms with E-state index in [0.717, 1.165) is 18.1 Å². The third kappa shape index (κ3) is 4.53. The minimum atomic E-state index is -3.94. The molecular weight excluding hydrogens is 350 g/mol. The summed E-state index contributed by atoms with van der Waals surface area (Å²) in [5.74, 6) is 3.27. The van der Waals surface area contributed by atoms with Crippen LogP contribution in [-0.2, 0) is 22.3 Å². The van der Waals surface area contributed by atoms with Gasteiger partial charge in [-0.15, -0.1) is 4.40 Å². The van der Waals surface area contributed by atoms with Crippen LogP contribution in [-0.4, -0.2) is 45.5 Å². The van der Waals surface area contributed by atoms with E-state index in [0.29, 0.717) is 18.1 Å². The average molecular weight is 369 g/mol. The number of sulfonamides is 1. The molecule has 0 spiro atoms. The molecule has 0 amide bonds. The highest BCUT2D eigenvalue weighted by Crippen LogP contribution is 2.19. The van der Waals surface area contributed by atoms with Gasteiger partial charge in [0.05, 0.1) is 12.3 Å². The van der Waals surface area contributed by atoms with Gasteiger partial charge in [-0.3, -0.25) is 0 Å². The van der Waals surface area contributed by atoms with E-state index in [1.165, 1.54) is 0 Å². The van der Waals surface area contributed by atoms with Crippen LogP contribution in [0.4, 0.5) is 0 Å². The van der Waals surface area contributed by atoms with E-state index in [9.17, 15) is 8.42 Å². The Morgan fingerprint density at radius 1 is 1.42 bits per heavy atom. The number of rotatable bonds is 7. The Hall–Kier alpha value is -1.96. The predicted molar refractivity (Wildman–Crippen MR) is 93.4 cm³/mol. The van der Waals surface area contributed by atoms with Crippen LogP contribution in [0.1, 0.15) is 11.5 Å². The van der Waals surface area contributed by atoms with Crippen molar-refractivity contribution in [3.05, 3.63) is 34.3 Å². The minimum absolute atomic E-state index is 0.0402. The molecule has 10 heteroatoms. The highest BCUT2D eigenvalue weighted by atomic mass is 32.2. The fraction of sp³-hybridized carbons (Fsp3) is 0.429. The summed E-state index contributed by atoms with van der Waals surface area (Å²) in [6.07, 6.45) is 0. The third-order valence-electron chi connectivity index (χ3n) is 3.04. The number of thioether (sulfide) groups is 1. The summed E-state index contributed by atoms with van der Waals surface area (Å²) < 4.78 is 32.3. The maximum atomic E-state index is 11.6. The minimum Gasteiger partial charge on any atom is -0.464 e. The molecule has 0 bridgehead atoms. The average Bonchev–Trinajstić information content (AvgIpc) is 3.00. The normalized spacial score (nSPS) is 16.3. The van der Waals surface area contributed by atoms with E-state index in [1.807, 2.05) is 31.1 Å². The fourth-order valence-electron chi connectivity index (χ4n) is 2.02. The van der Waals surface area contributed by atoms with Crippen molar-refractivity contribution in [2.45, 2.75) is 12.3 Å². The van der Waals surface area contributed by atoms with Gasteiger partial charge in [0.25, 0.3) is 10.0 Å². The summed E-state index contributed by atoms with van der Waals surface area (Å²) in [5, 5.41) is 11.6. The molecule has 2 heterocycles. The number of nitriles is 1. The Bertz CT molecular complexity index is 803. The van der Waals surface area contributed by atoms with Gasteiger partial charge in [-0.25, -0.2) is 0 Å². The fourth-order valence-corrected chi connectivity index (χ4v) is 3.75. The smallest absolute Gasteiger partial charge is 0.296 e. The van der Waals surface area contributed by atoms with E-state index in [2.05, 4.69) is 9.71 Å². The third-order valence-corrected chi connectivity index (χ3v) is 5.27. The number of furan rings is 1. The van der Waals surface area contributed by atoms with Gasteiger partial charge in [-0.1, -0.05) is 0 Å². The molecule has 0 saturated carbocycles. The molecule has 0 aliphatic carbocycles. The van der Waals surface area contributed by atoms with Crippen molar-refractivity contribution in [3.63, 3.8) is 0 Å². The van der Waals surface area contributed by atoms with Gasteiger partial charge in [0, 0.05) is 12.3 Å². The zero-order valence-corrected chi connectivity index (χ0v) is 15.1. The Balaban J connectivity index is 1.76. The Morgan fingerprint density at radius 2 is 2.12 bits per heavy atom. The summed E-state index contributed by atoms with van der Waals surface area (Å²) in [6, 6.07) is 5.47. The summed E-state index contributed by atoms with van der Waals surface area (Å²) in [4.78, 5) is 1.53. The van der Waals surface area contributed by atoms with Crippen LogP contribution in [0, 0.1) is 11.3 Å². The Morgan fingerprint density at radius 3 is 2.75 bits per heavy atom. The highest BCUT2D eigenvalue weighted by molar-refractivity contribution is 7.98. The maximum Gasteiger partial charge on any atom is 0.296 e. The van der Waals surface area contributed by atoms with Gasteiger partial charge >= 0.3 is 0 Å². The maximum absolute atomic E-state index is 11.6. The van der Waals surface area contributed by atoms with Crippen molar-refractivity contribution in [3.8, 4) is 6.07 Å². The molecule has 0 aromatic carbocycles. The standard InChI is InChI=1S/C14H19N5O3S2/c1-19(2)8-10-3-4-11(22-10)9-23-6-5-17-14-13(16)12(7-15)24(20,21)18-14/h3-4H,5-6,8-9,16H2,1-2H3,(H,17,18). The van der Waals surface area contributed by atoms with Gasteiger partial charge in [0.2, 0.25) is 0 Å². The molecule has 24 heavy (non-hydrogen) atoms. The zero-order chi connectivity index (χ0) is 17.7. The number of hydrogen-bond donors (Lipinski definition) is 2. The molecule has 2 rings (SSSR count). The lowest BCUT2D eigenvalue weighted by Gasteiger charge is -2.06. The second-order valence-corrected chi connectivity index (χ2v) is 8.00. The van der Waals surface area contributed by atoms with Crippen molar-refractivity contribution >= 4 is 27.6 Å². The summed E-state index contributed by atoms with van der Waals surface area (Å²) in [5.41, 5.74) is 5.49. The van der Waals surface area contributed by atoms with Crippen molar-refractivity contribution in [2.24, 2.45) is 10.1 Å². The first-order chi connectivity index (χ1) is 11.3. The van der Waals surface area contributed by atoms with Crippen LogP contribution in [0.15, 0.2) is 31.5 Å². The topological polar surface area (TPSA) is 125 Å². The number of nitrogens with one attached hydrogen (secondary N) is 1. The van der Waals surface area contributed by atoms with E-state index in [4.69, 9.17) is 15.4 Å².